The highest BCUT2D eigenvalue weighted by Crippen LogP contribution is 2.27. The molecule has 3 atom stereocenters. The van der Waals surface area contributed by atoms with Gasteiger partial charge in [0.15, 0.2) is 5.82 Å². The number of carbonyl (C=O) groups is 2. The van der Waals surface area contributed by atoms with E-state index in [0.717, 1.165) is 19.5 Å². The van der Waals surface area contributed by atoms with Gasteiger partial charge in [-0.25, -0.2) is 14.1 Å². The number of nitrogens with one attached hydrogen (secondary N) is 1. The largest absolute Gasteiger partial charge is 0.354 e. The fraction of sp³-hybridized carbons (Fsp3) is 0.444. The Balaban J connectivity index is 1.34. The van der Waals surface area contributed by atoms with Crippen LogP contribution in [0.5, 0.6) is 0 Å². The maximum atomic E-state index is 14.8. The van der Waals surface area contributed by atoms with Crippen molar-refractivity contribution in [1.82, 2.24) is 30.2 Å². The highest BCUT2D eigenvalue weighted by Gasteiger charge is 2.40. The molecular weight excluding hydrogens is 492 g/mol. The van der Waals surface area contributed by atoms with E-state index in [9.17, 15) is 18.4 Å². The van der Waals surface area contributed by atoms with E-state index in [4.69, 9.17) is 0 Å². The second-order valence-corrected chi connectivity index (χ2v) is 10.1. The van der Waals surface area contributed by atoms with Gasteiger partial charge in [-0.2, -0.15) is 4.39 Å². The zero-order valence-corrected chi connectivity index (χ0v) is 21.4. The molecule has 0 unspecified atom stereocenters. The number of rotatable bonds is 8. The summed E-state index contributed by atoms with van der Waals surface area (Å²) in [6, 6.07) is 10.6. The Bertz CT molecular complexity index is 1300. The normalized spacial score (nSPS) is 19.9. The monoisotopic (exact) mass is 523 g/mol. The first kappa shape index (κ1) is 25.7. The molecule has 5 rings (SSSR count). The molecule has 11 heteroatoms. The van der Waals surface area contributed by atoms with Crippen LogP contribution >= 0.6 is 0 Å². The van der Waals surface area contributed by atoms with Crippen LogP contribution in [0.1, 0.15) is 55.5 Å². The van der Waals surface area contributed by atoms with Gasteiger partial charge in [-0.15, -0.1) is 5.10 Å². The first-order valence-corrected chi connectivity index (χ1v) is 12.9. The van der Waals surface area contributed by atoms with E-state index >= 15 is 0 Å². The Morgan fingerprint density at radius 3 is 2.55 bits per heavy atom. The lowest BCUT2D eigenvalue weighted by Gasteiger charge is -2.30. The fourth-order valence-corrected chi connectivity index (χ4v) is 4.86. The number of likely N-dealkylation sites (tertiary alicyclic amines) is 1. The summed E-state index contributed by atoms with van der Waals surface area (Å²) in [5, 5.41) is 11.0. The van der Waals surface area contributed by atoms with Crippen LogP contribution in [0.4, 0.5) is 14.6 Å². The van der Waals surface area contributed by atoms with Crippen molar-refractivity contribution in [2.24, 2.45) is 0 Å². The van der Waals surface area contributed by atoms with Crippen molar-refractivity contribution in [3.63, 3.8) is 0 Å². The molecule has 2 aliphatic rings. The van der Waals surface area contributed by atoms with Crippen molar-refractivity contribution in [1.29, 1.82) is 0 Å². The second kappa shape index (κ2) is 10.8. The van der Waals surface area contributed by atoms with Crippen molar-refractivity contribution in [3.05, 3.63) is 71.4 Å². The third kappa shape index (κ3) is 5.36. The van der Waals surface area contributed by atoms with Crippen LogP contribution in [0.15, 0.2) is 48.7 Å². The quantitative estimate of drug-likeness (QED) is 0.456. The summed E-state index contributed by atoms with van der Waals surface area (Å²) in [7, 11) is 0. The van der Waals surface area contributed by atoms with Crippen molar-refractivity contribution < 1.29 is 18.4 Å². The Hall–Kier alpha value is -3.89. The van der Waals surface area contributed by atoms with E-state index in [1.807, 2.05) is 36.9 Å². The summed E-state index contributed by atoms with van der Waals surface area (Å²) in [6.07, 6.45) is 1.31. The molecule has 0 spiro atoms. The zero-order valence-electron chi connectivity index (χ0n) is 21.4. The smallest absolute Gasteiger partial charge is 0.245 e. The molecule has 38 heavy (non-hydrogen) atoms. The van der Waals surface area contributed by atoms with E-state index in [1.165, 1.54) is 9.58 Å². The summed E-state index contributed by atoms with van der Waals surface area (Å²) in [4.78, 5) is 34.1. The molecule has 2 amide bonds. The van der Waals surface area contributed by atoms with Gasteiger partial charge in [-0.3, -0.25) is 9.59 Å². The molecule has 1 N–H and O–H groups in total. The average molecular weight is 524 g/mol. The lowest BCUT2D eigenvalue weighted by Crippen LogP contribution is -2.48. The van der Waals surface area contributed by atoms with Crippen LogP contribution < -0.4 is 10.2 Å². The first-order chi connectivity index (χ1) is 18.3. The Morgan fingerprint density at radius 2 is 1.89 bits per heavy atom. The molecule has 2 aromatic heterocycles. The molecule has 4 heterocycles. The summed E-state index contributed by atoms with van der Waals surface area (Å²) >= 11 is 0. The molecule has 9 nitrogen and oxygen atoms in total. The average Bonchev–Trinajstić information content (AvgIpc) is 3.48. The number of hydrogen-bond donors (Lipinski definition) is 1. The van der Waals surface area contributed by atoms with Gasteiger partial charge >= 0.3 is 0 Å². The lowest BCUT2D eigenvalue weighted by atomic mass is 9.99. The lowest BCUT2D eigenvalue weighted by molar-refractivity contribution is -0.139. The summed E-state index contributed by atoms with van der Waals surface area (Å²) in [6.45, 7) is 5.21. The molecule has 1 aromatic carbocycles. The third-order valence-electron chi connectivity index (χ3n) is 7.11. The minimum Gasteiger partial charge on any atom is -0.354 e. The third-order valence-corrected chi connectivity index (χ3v) is 7.11. The number of amides is 2. The van der Waals surface area contributed by atoms with Crippen LogP contribution in [0.25, 0.3) is 0 Å². The molecule has 0 radical (unpaired) electrons. The number of carbonyl (C=O) groups excluding carboxylic acids is 2. The molecule has 2 fully saturated rings. The highest BCUT2D eigenvalue weighted by molar-refractivity contribution is 5.88. The highest BCUT2D eigenvalue weighted by atomic mass is 19.1. The number of halogens is 2. The van der Waals surface area contributed by atoms with E-state index in [0.29, 0.717) is 22.6 Å². The van der Waals surface area contributed by atoms with Crippen LogP contribution in [0.3, 0.4) is 0 Å². The number of pyridine rings is 1. The van der Waals surface area contributed by atoms with Crippen molar-refractivity contribution in [2.75, 3.05) is 24.5 Å². The first-order valence-electron chi connectivity index (χ1n) is 12.9. The van der Waals surface area contributed by atoms with Gasteiger partial charge in [0.05, 0.1) is 24.5 Å². The van der Waals surface area contributed by atoms with Gasteiger partial charge < -0.3 is 15.1 Å². The minimum atomic E-state index is -1.34. The number of hydrogen-bond acceptors (Lipinski definition) is 6. The summed E-state index contributed by atoms with van der Waals surface area (Å²) < 4.78 is 30.7. The Labute approximate surface area is 219 Å². The molecule has 2 aliphatic heterocycles. The topological polar surface area (TPSA) is 96.2 Å². The van der Waals surface area contributed by atoms with Gasteiger partial charge in [0, 0.05) is 25.1 Å². The Morgan fingerprint density at radius 1 is 1.13 bits per heavy atom. The molecular formula is C27H31F2N7O2. The van der Waals surface area contributed by atoms with Crippen molar-refractivity contribution >= 4 is 17.6 Å². The van der Waals surface area contributed by atoms with Crippen molar-refractivity contribution in [2.45, 2.75) is 57.4 Å². The number of nitrogens with zero attached hydrogens (tertiary/aromatic N) is 6. The van der Waals surface area contributed by atoms with Gasteiger partial charge in [0.25, 0.3) is 0 Å². The van der Waals surface area contributed by atoms with Crippen LogP contribution in [0.2, 0.25) is 0 Å². The standard InChI is InChI=1S/C27H31F2N7O2/c1-17(2)20-9-10-21(30-26(20)29)25(18-7-4-3-5-8-18)31-27(38)22-13-19(28)14-36(22)24(37)16-35-15-23(32-33-35)34-11-6-12-34/h3-5,7-10,15,17,19,22,25H,6,11-14,16H2,1-2H3,(H,31,38)/t19-,22+,25+/m1/s1. The maximum absolute atomic E-state index is 14.8. The van der Waals surface area contributed by atoms with Gasteiger partial charge in [-0.05, 0) is 24.0 Å². The SMILES string of the molecule is CC(C)c1ccc([C@@H](NC(=O)[C@@H]2C[C@@H](F)CN2C(=O)Cn2cc(N3CCC3)nn2)c2ccccc2)nc1F. The minimum absolute atomic E-state index is 0.0483. The Kier molecular flexibility index (Phi) is 7.35. The number of anilines is 1. The number of alkyl halides is 1. The van der Waals surface area contributed by atoms with E-state index in [-0.39, 0.29) is 25.4 Å². The van der Waals surface area contributed by atoms with E-state index in [2.05, 4.69) is 20.6 Å². The van der Waals surface area contributed by atoms with Gasteiger partial charge in [0.1, 0.15) is 18.8 Å². The molecule has 0 bridgehead atoms. The fourth-order valence-electron chi connectivity index (χ4n) is 4.86. The summed E-state index contributed by atoms with van der Waals surface area (Å²) in [5.41, 5.74) is 1.49. The van der Waals surface area contributed by atoms with Gasteiger partial charge in [-0.1, -0.05) is 55.5 Å². The van der Waals surface area contributed by atoms with Gasteiger partial charge in [0.2, 0.25) is 17.8 Å². The molecule has 2 saturated heterocycles. The number of aromatic nitrogens is 4. The van der Waals surface area contributed by atoms with Crippen LogP contribution in [-0.2, 0) is 16.1 Å². The molecule has 0 aliphatic carbocycles. The zero-order chi connectivity index (χ0) is 26.8. The van der Waals surface area contributed by atoms with Crippen LogP contribution in [-0.4, -0.2) is 68.5 Å². The van der Waals surface area contributed by atoms with E-state index in [1.54, 1.807) is 30.5 Å². The number of benzene rings is 1. The van der Waals surface area contributed by atoms with Crippen molar-refractivity contribution in [3.8, 4) is 0 Å². The molecule has 3 aromatic rings. The van der Waals surface area contributed by atoms with Crippen LogP contribution in [0, 0.1) is 5.95 Å². The summed E-state index contributed by atoms with van der Waals surface area (Å²) in [5.74, 6) is -0.904. The maximum Gasteiger partial charge on any atom is 0.245 e. The predicted molar refractivity (Wildman–Crippen MR) is 137 cm³/mol. The molecule has 0 saturated carbocycles. The molecule has 200 valence electrons. The second-order valence-electron chi connectivity index (χ2n) is 10.1. The predicted octanol–water partition coefficient (Wildman–Crippen LogP) is 2.99. The van der Waals surface area contributed by atoms with E-state index < -0.39 is 36.0 Å².